The van der Waals surface area contributed by atoms with Crippen molar-refractivity contribution in [1.29, 1.82) is 0 Å². The van der Waals surface area contributed by atoms with Gasteiger partial charge in [0.15, 0.2) is 11.9 Å². The predicted octanol–water partition coefficient (Wildman–Crippen LogP) is 4.10. The van der Waals surface area contributed by atoms with Crippen LogP contribution in [0.15, 0.2) is 48.5 Å². The summed E-state index contributed by atoms with van der Waals surface area (Å²) in [6.07, 6.45) is -0.366. The third-order valence-electron chi connectivity index (χ3n) is 3.59. The maximum Gasteiger partial charge on any atom is 0.157 e. The van der Waals surface area contributed by atoms with Crippen LogP contribution in [-0.4, -0.2) is 25.8 Å². The van der Waals surface area contributed by atoms with Gasteiger partial charge in [-0.3, -0.25) is 0 Å². The smallest absolute Gasteiger partial charge is 0.157 e. The molecule has 3 nitrogen and oxygen atoms in total. The second kappa shape index (κ2) is 7.34. The number of halogens is 2. The minimum absolute atomic E-state index is 0.0940. The molecule has 0 radical (unpaired) electrons. The largest absolute Gasteiger partial charge is 0.480 e. The summed E-state index contributed by atoms with van der Waals surface area (Å²) in [5.74, 6) is 0.494. The van der Waals surface area contributed by atoms with Gasteiger partial charge in [-0.25, -0.2) is 0 Å². The summed E-state index contributed by atoms with van der Waals surface area (Å²) >= 11 is 12.5. The van der Waals surface area contributed by atoms with E-state index in [4.69, 9.17) is 32.7 Å². The van der Waals surface area contributed by atoms with E-state index in [1.807, 2.05) is 30.3 Å². The van der Waals surface area contributed by atoms with E-state index in [1.54, 1.807) is 18.2 Å². The van der Waals surface area contributed by atoms with Gasteiger partial charge in [-0.05, 0) is 17.7 Å². The lowest BCUT2D eigenvalue weighted by Gasteiger charge is -2.32. The van der Waals surface area contributed by atoms with Gasteiger partial charge in [0.05, 0.1) is 16.7 Å². The first-order chi connectivity index (χ1) is 10.8. The van der Waals surface area contributed by atoms with Crippen molar-refractivity contribution in [3.63, 3.8) is 0 Å². The maximum absolute atomic E-state index is 6.23. The molecular weight excluding hydrogens is 321 g/mol. The SMILES string of the molecule is Clc1cccc(Cl)c1O[C@@H](c1ccccc1)[C@@H]1CNCCO1. The number of ether oxygens (including phenoxy) is 2. The number of hydrogen-bond donors (Lipinski definition) is 1. The highest BCUT2D eigenvalue weighted by molar-refractivity contribution is 6.37. The Morgan fingerprint density at radius 2 is 1.77 bits per heavy atom. The molecule has 0 unspecified atom stereocenters. The van der Waals surface area contributed by atoms with Crippen molar-refractivity contribution >= 4 is 23.2 Å². The average molecular weight is 338 g/mol. The summed E-state index contributed by atoms with van der Waals surface area (Å²) in [5, 5.41) is 4.32. The quantitative estimate of drug-likeness (QED) is 0.910. The molecule has 3 rings (SSSR count). The summed E-state index contributed by atoms with van der Waals surface area (Å²) in [4.78, 5) is 0. The fourth-order valence-electron chi connectivity index (χ4n) is 2.50. The summed E-state index contributed by atoms with van der Waals surface area (Å²) in [6, 6.07) is 15.3. The Labute approximate surface area is 140 Å². The Balaban J connectivity index is 1.91. The highest BCUT2D eigenvalue weighted by Gasteiger charge is 2.29. The van der Waals surface area contributed by atoms with Crippen LogP contribution in [0, 0.1) is 0 Å². The molecule has 1 fully saturated rings. The molecule has 0 spiro atoms. The van der Waals surface area contributed by atoms with Crippen LogP contribution in [0.5, 0.6) is 5.75 Å². The summed E-state index contributed by atoms with van der Waals surface area (Å²) in [7, 11) is 0. The second-order valence-corrected chi connectivity index (χ2v) is 5.93. The van der Waals surface area contributed by atoms with Crippen molar-refractivity contribution in [2.75, 3.05) is 19.7 Å². The fraction of sp³-hybridized carbons (Fsp3) is 0.294. The van der Waals surface area contributed by atoms with Crippen molar-refractivity contribution in [3.05, 3.63) is 64.1 Å². The normalized spacial score (nSPS) is 19.6. The second-order valence-electron chi connectivity index (χ2n) is 5.11. The summed E-state index contributed by atoms with van der Waals surface area (Å²) in [5.41, 5.74) is 1.03. The standard InChI is InChI=1S/C17H17Cl2NO2/c18-13-7-4-8-14(19)17(13)22-16(12-5-2-1-3-6-12)15-11-20-9-10-21-15/h1-8,15-16,20H,9-11H2/t15-,16-/m0/s1. The molecular formula is C17H17Cl2NO2. The van der Waals surface area contributed by atoms with E-state index in [0.717, 1.165) is 18.7 Å². The van der Waals surface area contributed by atoms with Gasteiger partial charge in [-0.2, -0.15) is 0 Å². The highest BCUT2D eigenvalue weighted by atomic mass is 35.5. The third kappa shape index (κ3) is 3.55. The lowest BCUT2D eigenvalue weighted by atomic mass is 10.0. The zero-order valence-corrected chi connectivity index (χ0v) is 13.5. The van der Waals surface area contributed by atoms with Crippen LogP contribution in [0.1, 0.15) is 11.7 Å². The lowest BCUT2D eigenvalue weighted by molar-refractivity contribution is -0.0431. The van der Waals surface area contributed by atoms with Gasteiger partial charge in [0.2, 0.25) is 0 Å². The molecule has 2 aromatic rings. The number of para-hydroxylation sites is 1. The van der Waals surface area contributed by atoms with Crippen LogP contribution < -0.4 is 10.1 Å². The number of morpholine rings is 1. The molecule has 0 saturated carbocycles. The Morgan fingerprint density at radius 3 is 2.41 bits per heavy atom. The van der Waals surface area contributed by atoms with Crippen LogP contribution in [0.4, 0.5) is 0 Å². The molecule has 22 heavy (non-hydrogen) atoms. The first-order valence-corrected chi connectivity index (χ1v) is 7.99. The van der Waals surface area contributed by atoms with Crippen molar-refractivity contribution in [2.45, 2.75) is 12.2 Å². The van der Waals surface area contributed by atoms with Crippen LogP contribution in [0.25, 0.3) is 0 Å². The summed E-state index contributed by atoms with van der Waals surface area (Å²) in [6.45, 7) is 2.24. The molecule has 116 valence electrons. The number of hydrogen-bond acceptors (Lipinski definition) is 3. The van der Waals surface area contributed by atoms with Gasteiger partial charge in [-0.1, -0.05) is 59.6 Å². The first kappa shape index (κ1) is 15.6. The molecule has 1 heterocycles. The van der Waals surface area contributed by atoms with Gasteiger partial charge in [-0.15, -0.1) is 0 Å². The van der Waals surface area contributed by atoms with Crippen molar-refractivity contribution in [3.8, 4) is 5.75 Å². The van der Waals surface area contributed by atoms with Crippen molar-refractivity contribution in [1.82, 2.24) is 5.32 Å². The Morgan fingerprint density at radius 1 is 1.05 bits per heavy atom. The van der Waals surface area contributed by atoms with Crippen molar-refractivity contribution < 1.29 is 9.47 Å². The van der Waals surface area contributed by atoms with Gasteiger partial charge < -0.3 is 14.8 Å². The zero-order valence-electron chi connectivity index (χ0n) is 12.0. The van der Waals surface area contributed by atoms with Gasteiger partial charge in [0, 0.05) is 13.1 Å². The molecule has 0 bridgehead atoms. The number of benzene rings is 2. The van der Waals surface area contributed by atoms with Gasteiger partial charge in [0.1, 0.15) is 6.10 Å². The van der Waals surface area contributed by atoms with Gasteiger partial charge in [0.25, 0.3) is 0 Å². The van der Waals surface area contributed by atoms with Crippen LogP contribution in [-0.2, 0) is 4.74 Å². The van der Waals surface area contributed by atoms with Gasteiger partial charge >= 0.3 is 0 Å². The topological polar surface area (TPSA) is 30.5 Å². The molecule has 1 N–H and O–H groups in total. The van der Waals surface area contributed by atoms with E-state index >= 15 is 0 Å². The molecule has 0 aromatic heterocycles. The molecule has 5 heteroatoms. The van der Waals surface area contributed by atoms with Crippen LogP contribution in [0.2, 0.25) is 10.0 Å². The van der Waals surface area contributed by atoms with E-state index in [0.29, 0.717) is 22.4 Å². The maximum atomic E-state index is 6.23. The molecule has 1 aliphatic rings. The average Bonchev–Trinajstić information content (AvgIpc) is 2.56. The van der Waals surface area contributed by atoms with Crippen LogP contribution in [0.3, 0.4) is 0 Å². The highest BCUT2D eigenvalue weighted by Crippen LogP contribution is 2.37. The molecule has 1 aliphatic heterocycles. The zero-order chi connectivity index (χ0) is 15.4. The molecule has 2 atom stereocenters. The predicted molar refractivity (Wildman–Crippen MR) is 88.9 cm³/mol. The van der Waals surface area contributed by atoms with E-state index in [-0.39, 0.29) is 12.2 Å². The number of rotatable bonds is 4. The minimum Gasteiger partial charge on any atom is -0.480 e. The first-order valence-electron chi connectivity index (χ1n) is 7.23. The lowest BCUT2D eigenvalue weighted by Crippen LogP contribution is -2.43. The number of nitrogens with one attached hydrogen (secondary N) is 1. The molecule has 0 amide bonds. The van der Waals surface area contributed by atoms with Crippen LogP contribution >= 0.6 is 23.2 Å². The minimum atomic E-state index is -0.272. The monoisotopic (exact) mass is 337 g/mol. The van der Waals surface area contributed by atoms with E-state index < -0.39 is 0 Å². The molecule has 1 saturated heterocycles. The Bertz CT molecular complexity index is 595. The van der Waals surface area contributed by atoms with E-state index in [2.05, 4.69) is 5.32 Å². The molecule has 0 aliphatic carbocycles. The molecule has 2 aromatic carbocycles. The third-order valence-corrected chi connectivity index (χ3v) is 4.18. The Hall–Kier alpha value is -1.26. The van der Waals surface area contributed by atoms with E-state index in [1.165, 1.54) is 0 Å². The van der Waals surface area contributed by atoms with E-state index in [9.17, 15) is 0 Å². The summed E-state index contributed by atoms with van der Waals surface area (Å²) < 4.78 is 12.0. The Kier molecular flexibility index (Phi) is 5.21. The van der Waals surface area contributed by atoms with Crippen molar-refractivity contribution in [2.24, 2.45) is 0 Å². The fourth-order valence-corrected chi connectivity index (χ4v) is 2.99.